The number of nitrogens with zero attached hydrogens (tertiary/aromatic N) is 4. The molecular formula is C57H36N4O. The maximum absolute atomic E-state index is 6.28. The Hall–Kier alpha value is -8.41. The Morgan fingerprint density at radius 1 is 0.306 bits per heavy atom. The molecule has 0 saturated heterocycles. The predicted octanol–water partition coefficient (Wildman–Crippen LogP) is 14.9. The molecular weight excluding hydrogens is 757 g/mol. The van der Waals surface area contributed by atoms with Gasteiger partial charge in [-0.2, -0.15) is 0 Å². The highest BCUT2D eigenvalue weighted by molar-refractivity contribution is 6.14. The minimum atomic E-state index is 0.608. The third kappa shape index (κ3) is 6.14. The van der Waals surface area contributed by atoms with E-state index in [4.69, 9.17) is 19.4 Å². The Kier molecular flexibility index (Phi) is 8.42. The molecule has 290 valence electrons. The maximum atomic E-state index is 6.28. The monoisotopic (exact) mass is 792 g/mol. The summed E-state index contributed by atoms with van der Waals surface area (Å²) in [6.07, 6.45) is 0. The van der Waals surface area contributed by atoms with E-state index in [9.17, 15) is 0 Å². The second-order valence-electron chi connectivity index (χ2n) is 15.6. The van der Waals surface area contributed by atoms with Gasteiger partial charge >= 0.3 is 0 Å². The van der Waals surface area contributed by atoms with Crippen LogP contribution in [-0.2, 0) is 0 Å². The molecule has 0 aliphatic rings. The zero-order valence-electron chi connectivity index (χ0n) is 33.5. The van der Waals surface area contributed by atoms with Gasteiger partial charge < -0.3 is 8.98 Å². The van der Waals surface area contributed by atoms with Crippen LogP contribution in [0.4, 0.5) is 0 Å². The first-order chi connectivity index (χ1) is 30.7. The lowest BCUT2D eigenvalue weighted by Crippen LogP contribution is -2.01. The lowest BCUT2D eigenvalue weighted by atomic mass is 9.98. The number of fused-ring (bicyclic) bond motifs is 6. The van der Waals surface area contributed by atoms with Crippen molar-refractivity contribution in [1.29, 1.82) is 0 Å². The molecule has 9 aromatic carbocycles. The third-order valence-electron chi connectivity index (χ3n) is 11.9. The minimum absolute atomic E-state index is 0.608. The van der Waals surface area contributed by atoms with E-state index in [-0.39, 0.29) is 0 Å². The highest BCUT2D eigenvalue weighted by atomic mass is 16.3. The minimum Gasteiger partial charge on any atom is -0.456 e. The molecule has 12 aromatic rings. The summed E-state index contributed by atoms with van der Waals surface area (Å²) < 4.78 is 8.64. The van der Waals surface area contributed by atoms with Gasteiger partial charge in [0.1, 0.15) is 11.2 Å². The van der Waals surface area contributed by atoms with E-state index in [1.807, 2.05) is 24.3 Å². The lowest BCUT2D eigenvalue weighted by Gasteiger charge is -2.12. The van der Waals surface area contributed by atoms with E-state index in [2.05, 4.69) is 199 Å². The first-order valence-electron chi connectivity index (χ1n) is 20.8. The number of aromatic nitrogens is 4. The van der Waals surface area contributed by atoms with Crippen LogP contribution in [0.2, 0.25) is 0 Å². The molecule has 0 amide bonds. The normalized spacial score (nSPS) is 11.5. The van der Waals surface area contributed by atoms with Crippen molar-refractivity contribution < 1.29 is 4.42 Å². The van der Waals surface area contributed by atoms with Gasteiger partial charge in [-0.15, -0.1) is 0 Å². The van der Waals surface area contributed by atoms with Crippen molar-refractivity contribution in [1.82, 2.24) is 19.5 Å². The SMILES string of the molecule is c1ccc(-c2cccc(-c3nc(-c4ccc(-n5c6ccccc6c6ccc(-c7cccc8oc9ccccc9c78)cc65)cc4)nc(-c4cccc(-c5ccccc5)c4)n3)c2)cc1. The topological polar surface area (TPSA) is 56.7 Å². The van der Waals surface area contributed by atoms with Crippen molar-refractivity contribution in [2.24, 2.45) is 0 Å². The molecule has 0 atom stereocenters. The van der Waals surface area contributed by atoms with E-state index in [0.29, 0.717) is 17.5 Å². The Morgan fingerprint density at radius 3 is 1.48 bits per heavy atom. The summed E-state index contributed by atoms with van der Waals surface area (Å²) in [6, 6.07) is 76.3. The van der Waals surface area contributed by atoms with Gasteiger partial charge in [-0.25, -0.2) is 15.0 Å². The van der Waals surface area contributed by atoms with E-state index < -0.39 is 0 Å². The molecule has 12 rings (SSSR count). The van der Waals surface area contributed by atoms with Crippen LogP contribution in [0, 0.1) is 0 Å². The molecule has 0 aliphatic heterocycles. The standard InChI is InChI=1S/C57H36N4O/c1-3-14-37(15-4-1)40-18-11-20-43(34-40)56-58-55(59-57(60-56)44-21-12-19-41(35-44)38-16-5-2-6-17-38)39-28-31-45(32-29-39)61-50-25-9-7-22-47(50)48-33-30-42(36-51(48)61)46-24-13-27-53-54(46)49-23-8-10-26-52(49)62-53/h1-36H. The van der Waals surface area contributed by atoms with Crippen LogP contribution in [0.25, 0.3) is 117 Å². The number of hydrogen-bond acceptors (Lipinski definition) is 4. The van der Waals surface area contributed by atoms with Gasteiger partial charge in [0.15, 0.2) is 17.5 Å². The molecule has 0 saturated carbocycles. The van der Waals surface area contributed by atoms with Crippen molar-refractivity contribution >= 4 is 43.7 Å². The molecule has 62 heavy (non-hydrogen) atoms. The molecule has 0 unspecified atom stereocenters. The first-order valence-corrected chi connectivity index (χ1v) is 20.8. The lowest BCUT2D eigenvalue weighted by molar-refractivity contribution is 0.669. The summed E-state index contributed by atoms with van der Waals surface area (Å²) >= 11 is 0. The maximum Gasteiger partial charge on any atom is 0.164 e. The Labute approximate surface area is 357 Å². The molecule has 3 aromatic heterocycles. The largest absolute Gasteiger partial charge is 0.456 e. The molecule has 0 bridgehead atoms. The molecule has 0 aliphatic carbocycles. The van der Waals surface area contributed by atoms with Crippen LogP contribution in [0.1, 0.15) is 0 Å². The van der Waals surface area contributed by atoms with Crippen molar-refractivity contribution in [2.45, 2.75) is 0 Å². The highest BCUT2D eigenvalue weighted by Crippen LogP contribution is 2.40. The van der Waals surface area contributed by atoms with Crippen LogP contribution in [0.3, 0.4) is 0 Å². The van der Waals surface area contributed by atoms with Crippen LogP contribution in [0.5, 0.6) is 0 Å². The van der Waals surface area contributed by atoms with Gasteiger partial charge in [-0.1, -0.05) is 158 Å². The molecule has 5 nitrogen and oxygen atoms in total. The second kappa shape index (κ2) is 14.7. The number of rotatable bonds is 7. The average Bonchev–Trinajstić information content (AvgIpc) is 3.90. The van der Waals surface area contributed by atoms with Crippen molar-refractivity contribution in [3.05, 3.63) is 218 Å². The molecule has 0 fully saturated rings. The predicted molar refractivity (Wildman–Crippen MR) is 254 cm³/mol. The summed E-state index contributed by atoms with van der Waals surface area (Å²) in [4.78, 5) is 15.4. The molecule has 0 radical (unpaired) electrons. The Morgan fingerprint density at radius 2 is 0.806 bits per heavy atom. The van der Waals surface area contributed by atoms with Crippen molar-refractivity contribution in [3.63, 3.8) is 0 Å². The fourth-order valence-corrected chi connectivity index (χ4v) is 8.89. The number of para-hydroxylation sites is 2. The zero-order chi connectivity index (χ0) is 41.0. The summed E-state index contributed by atoms with van der Waals surface area (Å²) in [6.45, 7) is 0. The van der Waals surface area contributed by atoms with E-state index in [1.54, 1.807) is 0 Å². The quantitative estimate of drug-likeness (QED) is 0.161. The average molecular weight is 793 g/mol. The van der Waals surface area contributed by atoms with Crippen LogP contribution in [0.15, 0.2) is 223 Å². The van der Waals surface area contributed by atoms with Gasteiger partial charge in [0.2, 0.25) is 0 Å². The van der Waals surface area contributed by atoms with Crippen molar-refractivity contribution in [3.8, 4) is 73.2 Å². The summed E-state index contributed by atoms with van der Waals surface area (Å²) in [5, 5.41) is 4.64. The van der Waals surface area contributed by atoms with Crippen LogP contribution < -0.4 is 0 Å². The van der Waals surface area contributed by atoms with Gasteiger partial charge in [0.25, 0.3) is 0 Å². The number of benzene rings is 9. The van der Waals surface area contributed by atoms with E-state index in [0.717, 1.165) is 88.7 Å². The third-order valence-corrected chi connectivity index (χ3v) is 11.9. The number of furan rings is 1. The fraction of sp³-hybridized carbons (Fsp3) is 0. The van der Waals surface area contributed by atoms with E-state index >= 15 is 0 Å². The molecule has 0 N–H and O–H groups in total. The van der Waals surface area contributed by atoms with Gasteiger partial charge in [0, 0.05) is 43.9 Å². The Balaban J connectivity index is 0.991. The number of hydrogen-bond donors (Lipinski definition) is 0. The second-order valence-corrected chi connectivity index (χ2v) is 15.6. The highest BCUT2D eigenvalue weighted by Gasteiger charge is 2.18. The summed E-state index contributed by atoms with van der Waals surface area (Å²) in [7, 11) is 0. The van der Waals surface area contributed by atoms with Gasteiger partial charge in [0.05, 0.1) is 11.0 Å². The summed E-state index contributed by atoms with van der Waals surface area (Å²) in [5.74, 6) is 1.84. The first kappa shape index (κ1) is 35.5. The zero-order valence-corrected chi connectivity index (χ0v) is 33.5. The van der Waals surface area contributed by atoms with E-state index in [1.165, 1.54) is 10.8 Å². The van der Waals surface area contributed by atoms with Crippen LogP contribution >= 0.6 is 0 Å². The Bertz CT molecular complexity index is 3520. The van der Waals surface area contributed by atoms with Crippen molar-refractivity contribution in [2.75, 3.05) is 0 Å². The fourth-order valence-electron chi connectivity index (χ4n) is 8.89. The molecule has 3 heterocycles. The van der Waals surface area contributed by atoms with Gasteiger partial charge in [-0.3, -0.25) is 0 Å². The smallest absolute Gasteiger partial charge is 0.164 e. The molecule has 0 spiro atoms. The van der Waals surface area contributed by atoms with Crippen LogP contribution in [-0.4, -0.2) is 19.5 Å². The summed E-state index contributed by atoms with van der Waals surface area (Å²) in [5.41, 5.74) is 14.6. The van der Waals surface area contributed by atoms with Gasteiger partial charge in [-0.05, 0) is 94.0 Å². The molecule has 5 heteroatoms.